The molecule has 0 aliphatic rings. The molecule has 2 N–H and O–H groups in total. The third-order valence-corrected chi connectivity index (χ3v) is 3.40. The van der Waals surface area contributed by atoms with Gasteiger partial charge in [-0.3, -0.25) is 0 Å². The van der Waals surface area contributed by atoms with E-state index in [1.165, 1.54) is 0 Å². The first-order valence-electron chi connectivity index (χ1n) is 3.50. The zero-order valence-corrected chi connectivity index (χ0v) is 8.83. The molecule has 0 aliphatic carbocycles. The second-order valence-corrected chi connectivity index (χ2v) is 5.53. The average Bonchev–Trinajstić information content (AvgIpc) is 1.99. The van der Waals surface area contributed by atoms with Gasteiger partial charge in [0.2, 0.25) is 0 Å². The summed E-state index contributed by atoms with van der Waals surface area (Å²) in [5.74, 6) is 0. The number of nitrogens with two attached hydrogens (primary N) is 1. The molecular weight excluding hydrogens is 245 g/mol. The highest BCUT2D eigenvalue weighted by molar-refractivity contribution is 7.86. The van der Waals surface area contributed by atoms with E-state index < -0.39 is 33.6 Å². The van der Waals surface area contributed by atoms with Crippen LogP contribution in [0.3, 0.4) is 0 Å². The van der Waals surface area contributed by atoms with E-state index >= 15 is 0 Å². The van der Waals surface area contributed by atoms with Gasteiger partial charge in [0, 0.05) is 5.69 Å². The van der Waals surface area contributed by atoms with Gasteiger partial charge in [-0.05, 0) is 25.0 Å². The lowest BCUT2D eigenvalue weighted by molar-refractivity contribution is -0.307. The summed E-state index contributed by atoms with van der Waals surface area (Å²) in [4.78, 5) is 20.3. The number of anilines is 1. The first-order valence-corrected chi connectivity index (χ1v) is 6.45. The van der Waals surface area contributed by atoms with Gasteiger partial charge in [-0.15, -0.1) is 0 Å². The molecule has 0 saturated carbocycles. The van der Waals surface area contributed by atoms with Crippen LogP contribution in [0.4, 0.5) is 5.69 Å². The van der Waals surface area contributed by atoms with Gasteiger partial charge < -0.3 is 24.6 Å². The SMILES string of the molecule is Nc1cc(P(=O)([O-])[O-])ccc1S(=O)(=O)[O-]. The molecule has 1 aromatic carbocycles. The fourth-order valence-corrected chi connectivity index (χ4v) is 2.07. The van der Waals surface area contributed by atoms with Crippen LogP contribution in [-0.2, 0) is 14.7 Å². The Kier molecular flexibility index (Phi) is 2.90. The van der Waals surface area contributed by atoms with E-state index in [0.29, 0.717) is 12.1 Å². The van der Waals surface area contributed by atoms with E-state index in [4.69, 9.17) is 5.73 Å². The highest BCUT2D eigenvalue weighted by atomic mass is 32.2. The van der Waals surface area contributed by atoms with Crippen molar-refractivity contribution in [2.24, 2.45) is 0 Å². The molecule has 0 aliphatic heterocycles. The summed E-state index contributed by atoms with van der Waals surface area (Å²) < 4.78 is 42.2. The van der Waals surface area contributed by atoms with Crippen molar-refractivity contribution < 1.29 is 27.3 Å². The van der Waals surface area contributed by atoms with Gasteiger partial charge >= 0.3 is 0 Å². The van der Waals surface area contributed by atoms with Crippen molar-refractivity contribution in [2.45, 2.75) is 4.90 Å². The molecule has 7 nitrogen and oxygen atoms in total. The minimum atomic E-state index is -4.99. The van der Waals surface area contributed by atoms with Crippen LogP contribution in [0.25, 0.3) is 0 Å². The quantitative estimate of drug-likeness (QED) is 0.353. The minimum Gasteiger partial charge on any atom is -0.807 e. The summed E-state index contributed by atoms with van der Waals surface area (Å²) in [6.07, 6.45) is 0. The lowest BCUT2D eigenvalue weighted by Gasteiger charge is -2.30. The van der Waals surface area contributed by atoms with Crippen molar-refractivity contribution in [1.29, 1.82) is 0 Å². The first-order chi connectivity index (χ1) is 6.62. The molecule has 15 heavy (non-hydrogen) atoms. The Morgan fingerprint density at radius 1 is 1.27 bits per heavy atom. The summed E-state index contributed by atoms with van der Waals surface area (Å²) in [6, 6.07) is 2.06. The van der Waals surface area contributed by atoms with Gasteiger partial charge in [0.25, 0.3) is 0 Å². The van der Waals surface area contributed by atoms with Crippen LogP contribution in [0.15, 0.2) is 23.1 Å². The third kappa shape index (κ3) is 2.77. The molecule has 0 fully saturated rings. The highest BCUT2D eigenvalue weighted by Crippen LogP contribution is 2.26. The summed E-state index contributed by atoms with van der Waals surface area (Å²) in [7, 11) is -9.76. The maximum absolute atomic E-state index is 10.6. The van der Waals surface area contributed by atoms with Crippen molar-refractivity contribution in [3.63, 3.8) is 0 Å². The van der Waals surface area contributed by atoms with Gasteiger partial charge in [-0.2, -0.15) is 0 Å². The van der Waals surface area contributed by atoms with Crippen LogP contribution in [0.5, 0.6) is 0 Å². The Morgan fingerprint density at radius 3 is 2.13 bits per heavy atom. The van der Waals surface area contributed by atoms with Crippen LogP contribution < -0.4 is 20.8 Å². The Morgan fingerprint density at radius 2 is 1.80 bits per heavy atom. The molecule has 0 aromatic heterocycles. The number of hydrogen-bond acceptors (Lipinski definition) is 7. The van der Waals surface area contributed by atoms with E-state index in [9.17, 15) is 27.3 Å². The molecule has 0 amide bonds. The summed E-state index contributed by atoms with van der Waals surface area (Å²) in [5, 5.41) is -0.660. The van der Waals surface area contributed by atoms with Crippen molar-refractivity contribution in [1.82, 2.24) is 0 Å². The predicted octanol–water partition coefficient (Wildman–Crippen LogP) is -2.29. The lowest BCUT2D eigenvalue weighted by atomic mass is 10.3. The smallest absolute Gasteiger partial charge is 0.126 e. The normalized spacial score (nSPS) is 12.7. The lowest BCUT2D eigenvalue weighted by Crippen LogP contribution is -2.25. The Hall–Kier alpha value is -0.920. The molecule has 1 rings (SSSR count). The fourth-order valence-electron chi connectivity index (χ4n) is 0.934. The fraction of sp³-hybridized carbons (Fsp3) is 0. The molecule has 0 radical (unpaired) electrons. The van der Waals surface area contributed by atoms with Gasteiger partial charge in [0.15, 0.2) is 0 Å². The maximum Gasteiger partial charge on any atom is 0.126 e. The number of hydrogen-bond donors (Lipinski definition) is 1. The molecule has 0 atom stereocenters. The molecule has 0 heterocycles. The predicted molar refractivity (Wildman–Crippen MR) is 46.1 cm³/mol. The molecule has 0 unspecified atom stereocenters. The molecule has 0 spiro atoms. The number of rotatable bonds is 2. The van der Waals surface area contributed by atoms with Crippen LogP contribution >= 0.6 is 7.60 Å². The van der Waals surface area contributed by atoms with Gasteiger partial charge in [-0.25, -0.2) is 8.42 Å². The molecular formula is C6H5NO6PS-3. The molecule has 1 aromatic rings. The van der Waals surface area contributed by atoms with Crippen LogP contribution in [0, 0.1) is 0 Å². The third-order valence-electron chi connectivity index (χ3n) is 1.58. The Labute approximate surface area is 85.5 Å². The molecule has 0 saturated heterocycles. The number of benzene rings is 1. The van der Waals surface area contributed by atoms with Crippen molar-refractivity contribution in [3.8, 4) is 0 Å². The van der Waals surface area contributed by atoms with Gasteiger partial charge in [-0.1, -0.05) is 6.07 Å². The molecule has 0 bridgehead atoms. The largest absolute Gasteiger partial charge is 0.807 e. The van der Waals surface area contributed by atoms with Crippen molar-refractivity contribution in [2.75, 3.05) is 5.73 Å². The van der Waals surface area contributed by atoms with E-state index in [0.717, 1.165) is 6.07 Å². The average molecular weight is 250 g/mol. The minimum absolute atomic E-state index is 0.561. The molecule has 9 heteroatoms. The second kappa shape index (κ2) is 3.58. The van der Waals surface area contributed by atoms with Crippen molar-refractivity contribution in [3.05, 3.63) is 18.2 Å². The van der Waals surface area contributed by atoms with E-state index in [-0.39, 0.29) is 0 Å². The van der Waals surface area contributed by atoms with Crippen LogP contribution in [0.1, 0.15) is 0 Å². The topological polar surface area (TPSA) is 146 Å². The van der Waals surface area contributed by atoms with E-state index in [2.05, 4.69) is 0 Å². The van der Waals surface area contributed by atoms with E-state index in [1.54, 1.807) is 0 Å². The summed E-state index contributed by atoms with van der Waals surface area (Å²) >= 11 is 0. The first kappa shape index (κ1) is 12.2. The van der Waals surface area contributed by atoms with E-state index in [1.807, 2.05) is 0 Å². The summed E-state index contributed by atoms with van der Waals surface area (Å²) in [6.45, 7) is 0. The van der Waals surface area contributed by atoms with Gasteiger partial charge in [0.1, 0.15) is 10.1 Å². The van der Waals surface area contributed by atoms with Crippen molar-refractivity contribution >= 4 is 28.7 Å². The Bertz CT molecular complexity index is 533. The standard InChI is InChI=1S/C6H8NO6PS/c7-5-3-4(14(8,9)10)1-2-6(5)15(11,12)13/h1-3H,7H2,(H2,8,9,10)(H,11,12,13)/p-3. The zero-order chi connectivity index (χ0) is 11.9. The van der Waals surface area contributed by atoms with Crippen LogP contribution in [0.2, 0.25) is 0 Å². The Balaban J connectivity index is 3.40. The highest BCUT2D eigenvalue weighted by Gasteiger charge is 2.08. The number of nitrogen functional groups attached to an aromatic ring is 1. The zero-order valence-electron chi connectivity index (χ0n) is 7.11. The summed E-state index contributed by atoms with van der Waals surface area (Å²) in [5.41, 5.74) is 4.57. The van der Waals surface area contributed by atoms with Gasteiger partial charge in [0.05, 0.1) is 4.90 Å². The molecule has 84 valence electrons. The maximum atomic E-state index is 10.6. The van der Waals surface area contributed by atoms with Crippen LogP contribution in [-0.4, -0.2) is 13.0 Å². The monoisotopic (exact) mass is 250 g/mol. The second-order valence-electron chi connectivity index (χ2n) is 2.67.